The number of hydrogen-bond donors (Lipinski definition) is 1. The maximum absolute atomic E-state index is 12.4. The summed E-state index contributed by atoms with van der Waals surface area (Å²) in [5.41, 5.74) is -0.332. The molecule has 0 saturated heterocycles. The second kappa shape index (κ2) is 4.86. The molecule has 1 amide bonds. The minimum Gasteiger partial charge on any atom is -0.352 e. The molecule has 0 unspecified atom stereocenters. The van der Waals surface area contributed by atoms with Gasteiger partial charge in [0.25, 0.3) is 0 Å². The number of halogens is 4. The lowest BCUT2D eigenvalue weighted by Crippen LogP contribution is -2.19. The van der Waals surface area contributed by atoms with Gasteiger partial charge in [0, 0.05) is 17.9 Å². The molecule has 88 valence electrons. The van der Waals surface area contributed by atoms with Crippen molar-refractivity contribution in [3.63, 3.8) is 0 Å². The summed E-state index contributed by atoms with van der Waals surface area (Å²) in [6, 6.07) is 3.32. The van der Waals surface area contributed by atoms with Crippen LogP contribution in [-0.4, -0.2) is 5.91 Å². The Bertz CT molecular complexity index is 404. The Morgan fingerprint density at radius 1 is 1.44 bits per heavy atom. The van der Waals surface area contributed by atoms with Crippen molar-refractivity contribution in [1.82, 2.24) is 5.32 Å². The molecule has 1 aromatic carbocycles. The highest BCUT2D eigenvalue weighted by molar-refractivity contribution is 9.10. The third-order valence-electron chi connectivity index (χ3n) is 1.90. The summed E-state index contributed by atoms with van der Waals surface area (Å²) in [6.07, 6.45) is -4.37. The smallest absolute Gasteiger partial charge is 0.352 e. The fourth-order valence-corrected chi connectivity index (χ4v) is 1.49. The first-order chi connectivity index (χ1) is 7.30. The van der Waals surface area contributed by atoms with E-state index in [4.69, 9.17) is 0 Å². The number of rotatable bonds is 2. The molecule has 16 heavy (non-hydrogen) atoms. The van der Waals surface area contributed by atoms with Crippen LogP contribution in [0.2, 0.25) is 0 Å². The summed E-state index contributed by atoms with van der Waals surface area (Å²) in [7, 11) is 0. The first-order valence-corrected chi connectivity index (χ1v) is 5.20. The molecular weight excluding hydrogens is 287 g/mol. The van der Waals surface area contributed by atoms with Crippen molar-refractivity contribution in [2.45, 2.75) is 19.6 Å². The molecular formula is C10H9BrF3NO. The second-order valence-electron chi connectivity index (χ2n) is 3.21. The van der Waals surface area contributed by atoms with Gasteiger partial charge in [-0.05, 0) is 23.8 Å². The molecule has 0 aliphatic carbocycles. The van der Waals surface area contributed by atoms with Gasteiger partial charge in [-0.25, -0.2) is 0 Å². The van der Waals surface area contributed by atoms with Gasteiger partial charge in [-0.15, -0.1) is 0 Å². The van der Waals surface area contributed by atoms with Crippen LogP contribution in [-0.2, 0) is 17.5 Å². The molecule has 0 aliphatic heterocycles. The zero-order chi connectivity index (χ0) is 12.3. The minimum absolute atomic E-state index is 0.0693. The van der Waals surface area contributed by atoms with Crippen molar-refractivity contribution in [1.29, 1.82) is 0 Å². The molecule has 0 aromatic heterocycles. The normalized spacial score (nSPS) is 11.3. The molecule has 0 heterocycles. The first-order valence-electron chi connectivity index (χ1n) is 4.41. The molecule has 1 N–H and O–H groups in total. The van der Waals surface area contributed by atoms with Crippen molar-refractivity contribution in [3.8, 4) is 0 Å². The van der Waals surface area contributed by atoms with Crippen LogP contribution in [0.25, 0.3) is 0 Å². The van der Waals surface area contributed by atoms with Gasteiger partial charge in [-0.1, -0.05) is 15.9 Å². The third-order valence-corrected chi connectivity index (χ3v) is 2.67. The van der Waals surface area contributed by atoms with E-state index in [1.165, 1.54) is 13.0 Å². The lowest BCUT2D eigenvalue weighted by molar-refractivity contribution is -0.137. The van der Waals surface area contributed by atoms with Gasteiger partial charge in [0.1, 0.15) is 0 Å². The zero-order valence-electron chi connectivity index (χ0n) is 8.36. The van der Waals surface area contributed by atoms with Gasteiger partial charge in [0.15, 0.2) is 0 Å². The molecule has 1 aromatic rings. The van der Waals surface area contributed by atoms with Gasteiger partial charge < -0.3 is 5.32 Å². The van der Waals surface area contributed by atoms with E-state index in [9.17, 15) is 18.0 Å². The predicted octanol–water partition coefficient (Wildman–Crippen LogP) is 3.10. The van der Waals surface area contributed by atoms with E-state index in [0.29, 0.717) is 10.0 Å². The topological polar surface area (TPSA) is 29.1 Å². The molecule has 1 rings (SSSR count). The average molecular weight is 296 g/mol. The molecule has 0 atom stereocenters. The molecule has 0 radical (unpaired) electrons. The maximum Gasteiger partial charge on any atom is 0.416 e. The van der Waals surface area contributed by atoms with Gasteiger partial charge >= 0.3 is 6.18 Å². The van der Waals surface area contributed by atoms with Crippen LogP contribution in [0.15, 0.2) is 22.7 Å². The van der Waals surface area contributed by atoms with E-state index < -0.39 is 11.7 Å². The predicted molar refractivity (Wildman–Crippen MR) is 56.7 cm³/mol. The van der Waals surface area contributed by atoms with Crippen LogP contribution in [0.5, 0.6) is 0 Å². The van der Waals surface area contributed by atoms with Crippen molar-refractivity contribution in [3.05, 3.63) is 33.8 Å². The van der Waals surface area contributed by atoms with Crippen LogP contribution in [0.4, 0.5) is 13.2 Å². The molecule has 0 spiro atoms. The molecule has 0 saturated carbocycles. The Morgan fingerprint density at radius 3 is 2.56 bits per heavy atom. The average Bonchev–Trinajstić information content (AvgIpc) is 2.14. The fraction of sp³-hybridized carbons (Fsp3) is 0.300. The minimum atomic E-state index is -4.37. The third kappa shape index (κ3) is 3.52. The maximum atomic E-state index is 12.4. The van der Waals surface area contributed by atoms with Crippen LogP contribution in [0.1, 0.15) is 18.1 Å². The van der Waals surface area contributed by atoms with Crippen LogP contribution < -0.4 is 5.32 Å². The van der Waals surface area contributed by atoms with E-state index in [1.807, 2.05) is 0 Å². The molecule has 0 aliphatic rings. The summed E-state index contributed by atoms with van der Waals surface area (Å²) in [4.78, 5) is 10.7. The number of benzene rings is 1. The molecule has 0 fully saturated rings. The Kier molecular flexibility index (Phi) is 3.96. The highest BCUT2D eigenvalue weighted by Crippen LogP contribution is 2.31. The summed E-state index contributed by atoms with van der Waals surface area (Å²) < 4.78 is 37.7. The van der Waals surface area contributed by atoms with Crippen LogP contribution >= 0.6 is 15.9 Å². The second-order valence-corrected chi connectivity index (χ2v) is 4.07. The van der Waals surface area contributed by atoms with Crippen LogP contribution in [0.3, 0.4) is 0 Å². The quantitative estimate of drug-likeness (QED) is 0.892. The Hall–Kier alpha value is -1.04. The summed E-state index contributed by atoms with van der Waals surface area (Å²) >= 11 is 3.13. The standard InChI is InChI=1S/C10H9BrF3NO/c1-6(16)15-5-7-4-8(10(12,13)14)2-3-9(7)11/h2-4H,5H2,1H3,(H,15,16). The van der Waals surface area contributed by atoms with Gasteiger partial charge in [0.2, 0.25) is 5.91 Å². The summed E-state index contributed by atoms with van der Waals surface area (Å²) in [6.45, 7) is 1.38. The van der Waals surface area contributed by atoms with E-state index in [0.717, 1.165) is 12.1 Å². The summed E-state index contributed by atoms with van der Waals surface area (Å²) in [5.74, 6) is -0.288. The van der Waals surface area contributed by atoms with E-state index in [1.54, 1.807) is 0 Å². The number of carbonyl (C=O) groups is 1. The Morgan fingerprint density at radius 2 is 2.06 bits per heavy atom. The molecule has 2 nitrogen and oxygen atoms in total. The fourth-order valence-electron chi connectivity index (χ4n) is 1.11. The van der Waals surface area contributed by atoms with Gasteiger partial charge in [-0.2, -0.15) is 13.2 Å². The highest BCUT2D eigenvalue weighted by Gasteiger charge is 2.30. The van der Waals surface area contributed by atoms with Gasteiger partial charge in [-0.3, -0.25) is 4.79 Å². The summed E-state index contributed by atoms with van der Waals surface area (Å²) in [5, 5.41) is 2.45. The van der Waals surface area contributed by atoms with Crippen molar-refractivity contribution < 1.29 is 18.0 Å². The van der Waals surface area contributed by atoms with Crippen LogP contribution in [0, 0.1) is 0 Å². The number of carbonyl (C=O) groups excluding carboxylic acids is 1. The Balaban J connectivity index is 2.95. The van der Waals surface area contributed by atoms with E-state index in [2.05, 4.69) is 21.2 Å². The lowest BCUT2D eigenvalue weighted by Gasteiger charge is -2.10. The number of amides is 1. The van der Waals surface area contributed by atoms with E-state index >= 15 is 0 Å². The molecule has 0 bridgehead atoms. The number of nitrogens with one attached hydrogen (secondary N) is 1. The SMILES string of the molecule is CC(=O)NCc1cc(C(F)(F)F)ccc1Br. The van der Waals surface area contributed by atoms with Gasteiger partial charge in [0.05, 0.1) is 5.56 Å². The largest absolute Gasteiger partial charge is 0.416 e. The van der Waals surface area contributed by atoms with Crippen molar-refractivity contribution in [2.75, 3.05) is 0 Å². The zero-order valence-corrected chi connectivity index (χ0v) is 9.95. The highest BCUT2D eigenvalue weighted by atomic mass is 79.9. The van der Waals surface area contributed by atoms with E-state index in [-0.39, 0.29) is 12.5 Å². The van der Waals surface area contributed by atoms with Crippen molar-refractivity contribution in [2.24, 2.45) is 0 Å². The number of hydrogen-bond acceptors (Lipinski definition) is 1. The molecule has 6 heteroatoms. The first kappa shape index (κ1) is 13.0. The van der Waals surface area contributed by atoms with Crippen molar-refractivity contribution >= 4 is 21.8 Å². The monoisotopic (exact) mass is 295 g/mol. The number of alkyl halides is 3. The lowest BCUT2D eigenvalue weighted by atomic mass is 10.1. The Labute approximate surface area is 99.0 Å².